The van der Waals surface area contributed by atoms with Crippen LogP contribution in [0.3, 0.4) is 0 Å². The molecule has 0 N–H and O–H groups in total. The molecule has 0 spiro atoms. The highest BCUT2D eigenvalue weighted by Gasteiger charge is 2.02. The van der Waals surface area contributed by atoms with Gasteiger partial charge in [-0.3, -0.25) is 4.79 Å². The molecule has 3 heteroatoms. The van der Waals surface area contributed by atoms with Crippen LogP contribution in [0.15, 0.2) is 0 Å². The first-order valence-electron chi connectivity index (χ1n) is 11.0. The van der Waals surface area contributed by atoms with Gasteiger partial charge in [0, 0.05) is 12.3 Å². The van der Waals surface area contributed by atoms with E-state index >= 15 is 0 Å². The van der Waals surface area contributed by atoms with Gasteiger partial charge in [0.15, 0.2) is 0 Å². The normalized spacial score (nSPS) is 11.0. The molecule has 0 heterocycles. The van der Waals surface area contributed by atoms with Crippen LogP contribution in [0.5, 0.6) is 0 Å². The molecule has 0 aromatic heterocycles. The summed E-state index contributed by atoms with van der Waals surface area (Å²) in [7, 11) is 0. The maximum atomic E-state index is 11.6. The second-order valence-corrected chi connectivity index (χ2v) is 7.69. The van der Waals surface area contributed by atoms with Crippen LogP contribution in [0.1, 0.15) is 122 Å². The summed E-state index contributed by atoms with van der Waals surface area (Å²) in [6.45, 7) is 2.86. The summed E-state index contributed by atoms with van der Waals surface area (Å²) in [5.41, 5.74) is 0. The first kappa shape index (κ1) is 24.8. The summed E-state index contributed by atoms with van der Waals surface area (Å²) in [4.78, 5) is 11.6. The van der Waals surface area contributed by atoms with Crippen molar-refractivity contribution in [3.8, 4) is 0 Å². The SMILES string of the molecule is CCCCCCCCCCCCCCCC(=O)OCCCCCCCl. The predicted molar refractivity (Wildman–Crippen MR) is 110 cm³/mol. The number of alkyl halides is 1. The Kier molecular flexibility index (Phi) is 21.6. The number of unbranched alkanes of at least 4 members (excludes halogenated alkanes) is 15. The van der Waals surface area contributed by atoms with Crippen LogP contribution in [0.2, 0.25) is 0 Å². The number of hydrogen-bond donors (Lipinski definition) is 0. The average Bonchev–Trinajstić information content (AvgIpc) is 2.62. The molecule has 0 fully saturated rings. The molecule has 0 aromatic rings. The number of halogens is 1. The summed E-state index contributed by atoms with van der Waals surface area (Å²) in [5.74, 6) is 0.721. The third kappa shape index (κ3) is 21.7. The minimum absolute atomic E-state index is 0.0135. The molecule has 0 radical (unpaired) electrons. The predicted octanol–water partition coefficient (Wildman–Crippen LogP) is 7.81. The Balaban J connectivity index is 3.11. The van der Waals surface area contributed by atoms with Gasteiger partial charge < -0.3 is 4.74 Å². The van der Waals surface area contributed by atoms with Gasteiger partial charge in [-0.25, -0.2) is 0 Å². The van der Waals surface area contributed by atoms with Crippen LogP contribution in [-0.2, 0) is 9.53 Å². The number of ether oxygens (including phenoxy) is 1. The fourth-order valence-electron chi connectivity index (χ4n) is 3.10. The Bertz CT molecular complexity index is 269. The van der Waals surface area contributed by atoms with Crippen LogP contribution in [0.4, 0.5) is 0 Å². The summed E-state index contributed by atoms with van der Waals surface area (Å²) in [6.07, 6.45) is 22.2. The maximum Gasteiger partial charge on any atom is 0.305 e. The van der Waals surface area contributed by atoms with Gasteiger partial charge in [-0.05, 0) is 19.3 Å². The lowest BCUT2D eigenvalue weighted by atomic mass is 10.0. The van der Waals surface area contributed by atoms with Crippen molar-refractivity contribution in [2.75, 3.05) is 12.5 Å². The van der Waals surface area contributed by atoms with E-state index < -0.39 is 0 Å². The Labute approximate surface area is 162 Å². The van der Waals surface area contributed by atoms with Crippen LogP contribution < -0.4 is 0 Å². The van der Waals surface area contributed by atoms with Gasteiger partial charge in [-0.1, -0.05) is 96.8 Å². The third-order valence-corrected chi connectivity index (χ3v) is 5.04. The van der Waals surface area contributed by atoms with Gasteiger partial charge in [-0.15, -0.1) is 11.6 Å². The molecule has 0 bridgehead atoms. The number of carbonyl (C=O) groups excluding carboxylic acids is 1. The van der Waals surface area contributed by atoms with Crippen molar-refractivity contribution in [3.63, 3.8) is 0 Å². The zero-order valence-electron chi connectivity index (χ0n) is 16.8. The van der Waals surface area contributed by atoms with Crippen molar-refractivity contribution < 1.29 is 9.53 Å². The summed E-state index contributed by atoms with van der Waals surface area (Å²) in [6, 6.07) is 0. The Hall–Kier alpha value is -0.240. The molecule has 0 aromatic carbocycles. The zero-order valence-corrected chi connectivity index (χ0v) is 17.6. The summed E-state index contributed by atoms with van der Waals surface area (Å²) in [5, 5.41) is 0. The molecule has 0 rings (SSSR count). The molecular formula is C22H43ClO2. The molecule has 150 valence electrons. The highest BCUT2D eigenvalue weighted by molar-refractivity contribution is 6.17. The van der Waals surface area contributed by atoms with Crippen molar-refractivity contribution in [1.29, 1.82) is 0 Å². The molecule has 0 aliphatic carbocycles. The van der Waals surface area contributed by atoms with E-state index in [1.807, 2.05) is 0 Å². The molecule has 0 amide bonds. The zero-order chi connectivity index (χ0) is 18.4. The van der Waals surface area contributed by atoms with E-state index in [0.29, 0.717) is 13.0 Å². The van der Waals surface area contributed by atoms with E-state index in [2.05, 4.69) is 6.92 Å². The molecule has 0 unspecified atom stereocenters. The highest BCUT2D eigenvalue weighted by Crippen LogP contribution is 2.13. The number of carbonyl (C=O) groups is 1. The van der Waals surface area contributed by atoms with Gasteiger partial charge in [0.25, 0.3) is 0 Å². The van der Waals surface area contributed by atoms with Crippen molar-refractivity contribution in [2.45, 2.75) is 122 Å². The van der Waals surface area contributed by atoms with E-state index in [-0.39, 0.29) is 5.97 Å². The molecule has 0 saturated carbocycles. The number of hydrogen-bond acceptors (Lipinski definition) is 2. The van der Waals surface area contributed by atoms with Gasteiger partial charge >= 0.3 is 5.97 Å². The lowest BCUT2D eigenvalue weighted by Crippen LogP contribution is -2.05. The van der Waals surface area contributed by atoms with Crippen molar-refractivity contribution in [3.05, 3.63) is 0 Å². The van der Waals surface area contributed by atoms with Gasteiger partial charge in [0.2, 0.25) is 0 Å². The van der Waals surface area contributed by atoms with E-state index in [1.165, 1.54) is 77.0 Å². The summed E-state index contributed by atoms with van der Waals surface area (Å²) < 4.78 is 5.26. The molecule has 0 aliphatic rings. The lowest BCUT2D eigenvalue weighted by molar-refractivity contribution is -0.143. The minimum Gasteiger partial charge on any atom is -0.466 e. The minimum atomic E-state index is -0.0135. The lowest BCUT2D eigenvalue weighted by Gasteiger charge is -2.05. The van der Waals surface area contributed by atoms with E-state index in [4.69, 9.17) is 16.3 Å². The van der Waals surface area contributed by atoms with Crippen LogP contribution >= 0.6 is 11.6 Å². The van der Waals surface area contributed by atoms with Crippen LogP contribution in [0, 0.1) is 0 Å². The van der Waals surface area contributed by atoms with Crippen LogP contribution in [-0.4, -0.2) is 18.5 Å². The van der Waals surface area contributed by atoms with Gasteiger partial charge in [-0.2, -0.15) is 0 Å². The Morgan fingerprint density at radius 1 is 0.640 bits per heavy atom. The second kappa shape index (κ2) is 21.8. The van der Waals surface area contributed by atoms with E-state index in [0.717, 1.165) is 38.0 Å². The van der Waals surface area contributed by atoms with Crippen LogP contribution in [0.25, 0.3) is 0 Å². The highest BCUT2D eigenvalue weighted by atomic mass is 35.5. The topological polar surface area (TPSA) is 26.3 Å². The summed E-state index contributed by atoms with van der Waals surface area (Å²) >= 11 is 5.63. The molecule has 25 heavy (non-hydrogen) atoms. The monoisotopic (exact) mass is 374 g/mol. The Morgan fingerprint density at radius 3 is 1.60 bits per heavy atom. The smallest absolute Gasteiger partial charge is 0.305 e. The van der Waals surface area contributed by atoms with E-state index in [1.54, 1.807) is 0 Å². The molecule has 0 atom stereocenters. The number of rotatable bonds is 20. The average molecular weight is 375 g/mol. The number of esters is 1. The van der Waals surface area contributed by atoms with E-state index in [9.17, 15) is 4.79 Å². The van der Waals surface area contributed by atoms with Crippen molar-refractivity contribution >= 4 is 17.6 Å². The second-order valence-electron chi connectivity index (χ2n) is 7.32. The molecular weight excluding hydrogens is 332 g/mol. The Morgan fingerprint density at radius 2 is 1.08 bits per heavy atom. The fourth-order valence-corrected chi connectivity index (χ4v) is 3.28. The van der Waals surface area contributed by atoms with Crippen molar-refractivity contribution in [2.24, 2.45) is 0 Å². The maximum absolute atomic E-state index is 11.6. The van der Waals surface area contributed by atoms with Crippen molar-refractivity contribution in [1.82, 2.24) is 0 Å². The fraction of sp³-hybridized carbons (Fsp3) is 0.955. The third-order valence-electron chi connectivity index (χ3n) is 4.78. The largest absolute Gasteiger partial charge is 0.466 e. The first-order valence-corrected chi connectivity index (χ1v) is 11.6. The van der Waals surface area contributed by atoms with Gasteiger partial charge in [0.1, 0.15) is 0 Å². The molecule has 0 saturated heterocycles. The molecule has 0 aliphatic heterocycles. The quantitative estimate of drug-likeness (QED) is 0.123. The first-order chi connectivity index (χ1) is 12.3. The van der Waals surface area contributed by atoms with Gasteiger partial charge in [0.05, 0.1) is 6.61 Å². The molecule has 2 nitrogen and oxygen atoms in total. The standard InChI is InChI=1S/C22H43ClO2/c1-2-3-4-5-6-7-8-9-10-11-12-13-16-19-22(24)25-21-18-15-14-17-20-23/h2-21H2,1H3.